The van der Waals surface area contributed by atoms with Crippen LogP contribution < -0.4 is 0 Å². The number of hydrogen-bond donors (Lipinski definition) is 1. The molecular weight excluding hydrogens is 278 g/mol. The van der Waals surface area contributed by atoms with Crippen molar-refractivity contribution in [1.29, 1.82) is 0 Å². The lowest BCUT2D eigenvalue weighted by atomic mass is 9.84. The normalized spacial score (nSPS) is 26.1. The lowest BCUT2D eigenvalue weighted by molar-refractivity contribution is -0.147. The average molecular weight is 301 g/mol. The zero-order valence-electron chi connectivity index (χ0n) is 12.8. The monoisotopic (exact) mass is 301 g/mol. The Balaban J connectivity index is 1.78. The maximum atomic E-state index is 12.7. The zero-order chi connectivity index (χ0) is 15.5. The molecule has 0 radical (unpaired) electrons. The number of aliphatic carboxylic acids is 1. The minimum Gasteiger partial charge on any atom is -0.481 e. The van der Waals surface area contributed by atoms with Crippen molar-refractivity contribution in [2.24, 2.45) is 11.8 Å². The summed E-state index contributed by atoms with van der Waals surface area (Å²) >= 11 is 0. The summed E-state index contributed by atoms with van der Waals surface area (Å²) in [6.07, 6.45) is 4.78. The summed E-state index contributed by atoms with van der Waals surface area (Å²) in [5.41, 5.74) is 1.14. The Bertz CT molecular complexity index is 537. The first-order chi connectivity index (χ1) is 10.6. The number of rotatable bonds is 3. The second-order valence-electron chi connectivity index (χ2n) is 6.60. The van der Waals surface area contributed by atoms with Gasteiger partial charge in [0.2, 0.25) is 5.91 Å². The maximum Gasteiger partial charge on any atom is 0.308 e. The summed E-state index contributed by atoms with van der Waals surface area (Å²) in [6, 6.07) is 9.98. The third-order valence-electron chi connectivity index (χ3n) is 5.09. The van der Waals surface area contributed by atoms with Crippen molar-refractivity contribution in [3.63, 3.8) is 0 Å². The molecule has 1 aromatic carbocycles. The Kier molecular flexibility index (Phi) is 4.46. The van der Waals surface area contributed by atoms with Gasteiger partial charge in [0.05, 0.1) is 5.92 Å². The Labute approximate surface area is 131 Å². The highest BCUT2D eigenvalue weighted by atomic mass is 16.4. The molecule has 0 spiro atoms. The Morgan fingerprint density at radius 2 is 1.68 bits per heavy atom. The zero-order valence-corrected chi connectivity index (χ0v) is 12.8. The number of carbonyl (C=O) groups is 2. The van der Waals surface area contributed by atoms with E-state index in [1.165, 1.54) is 0 Å². The number of nitrogens with zero attached hydrogens (tertiary/aromatic N) is 1. The quantitative estimate of drug-likeness (QED) is 0.934. The topological polar surface area (TPSA) is 57.6 Å². The van der Waals surface area contributed by atoms with Gasteiger partial charge in [-0.2, -0.15) is 0 Å². The fourth-order valence-electron chi connectivity index (χ4n) is 3.86. The van der Waals surface area contributed by atoms with Crippen molar-refractivity contribution >= 4 is 11.9 Å². The molecule has 1 N–H and O–H groups in total. The first-order valence-corrected chi connectivity index (χ1v) is 8.21. The summed E-state index contributed by atoms with van der Waals surface area (Å²) in [6.45, 7) is 1.02. The number of likely N-dealkylation sites (tertiary alicyclic amines) is 1. The number of amides is 1. The highest BCUT2D eigenvalue weighted by Crippen LogP contribution is 2.33. The van der Waals surface area contributed by atoms with Crippen LogP contribution in [0.2, 0.25) is 0 Å². The summed E-state index contributed by atoms with van der Waals surface area (Å²) in [4.78, 5) is 26.0. The van der Waals surface area contributed by atoms with Crippen LogP contribution >= 0.6 is 0 Å². The van der Waals surface area contributed by atoms with Gasteiger partial charge in [-0.15, -0.1) is 0 Å². The van der Waals surface area contributed by atoms with Gasteiger partial charge < -0.3 is 10.0 Å². The summed E-state index contributed by atoms with van der Waals surface area (Å²) in [7, 11) is 0. The predicted molar refractivity (Wildman–Crippen MR) is 83.5 cm³/mol. The van der Waals surface area contributed by atoms with Gasteiger partial charge in [0.25, 0.3) is 0 Å². The second kappa shape index (κ2) is 6.51. The Morgan fingerprint density at radius 1 is 1.00 bits per heavy atom. The molecular formula is C18H23NO3. The van der Waals surface area contributed by atoms with E-state index in [0.29, 0.717) is 19.5 Å². The number of carboxylic acid groups (broad SMARTS) is 1. The summed E-state index contributed by atoms with van der Waals surface area (Å²) in [5, 5.41) is 9.43. The third-order valence-corrected chi connectivity index (χ3v) is 5.09. The first kappa shape index (κ1) is 15.1. The third kappa shape index (κ3) is 3.16. The van der Waals surface area contributed by atoms with E-state index >= 15 is 0 Å². The van der Waals surface area contributed by atoms with Gasteiger partial charge >= 0.3 is 5.97 Å². The molecule has 0 unspecified atom stereocenters. The van der Waals surface area contributed by atoms with Crippen molar-refractivity contribution < 1.29 is 14.7 Å². The molecule has 22 heavy (non-hydrogen) atoms. The molecule has 2 atom stereocenters. The van der Waals surface area contributed by atoms with Crippen molar-refractivity contribution in [3.05, 3.63) is 35.9 Å². The Hall–Kier alpha value is -1.84. The Morgan fingerprint density at radius 3 is 2.32 bits per heavy atom. The summed E-state index contributed by atoms with van der Waals surface area (Å²) in [5.74, 6) is -0.830. The molecule has 4 heteroatoms. The number of carbonyl (C=O) groups excluding carboxylic acids is 1. The van der Waals surface area contributed by atoms with E-state index in [-0.39, 0.29) is 17.7 Å². The van der Waals surface area contributed by atoms with Crippen molar-refractivity contribution in [2.75, 3.05) is 13.1 Å². The van der Waals surface area contributed by atoms with Crippen LogP contribution in [0.4, 0.5) is 0 Å². The molecule has 1 heterocycles. The van der Waals surface area contributed by atoms with Crippen molar-refractivity contribution in [1.82, 2.24) is 4.90 Å². The smallest absolute Gasteiger partial charge is 0.308 e. The van der Waals surface area contributed by atoms with Crippen LogP contribution in [0.1, 0.15) is 43.6 Å². The van der Waals surface area contributed by atoms with Crippen LogP contribution in [0.25, 0.3) is 0 Å². The fourth-order valence-corrected chi connectivity index (χ4v) is 3.86. The molecule has 118 valence electrons. The van der Waals surface area contributed by atoms with E-state index in [2.05, 4.69) is 0 Å². The van der Waals surface area contributed by atoms with Gasteiger partial charge in [-0.1, -0.05) is 43.2 Å². The fraction of sp³-hybridized carbons (Fsp3) is 0.556. The predicted octanol–water partition coefficient (Wildman–Crippen LogP) is 2.89. The van der Waals surface area contributed by atoms with E-state index < -0.39 is 11.9 Å². The van der Waals surface area contributed by atoms with Crippen LogP contribution in [0.5, 0.6) is 0 Å². The number of carboxylic acids is 1. The van der Waals surface area contributed by atoms with Crippen LogP contribution in [-0.4, -0.2) is 35.0 Å². The second-order valence-corrected chi connectivity index (χ2v) is 6.60. The minimum atomic E-state index is -0.787. The van der Waals surface area contributed by atoms with Crippen LogP contribution in [0.15, 0.2) is 30.3 Å². The van der Waals surface area contributed by atoms with Gasteiger partial charge in [0.1, 0.15) is 0 Å². The molecule has 4 nitrogen and oxygen atoms in total. The molecule has 1 saturated heterocycles. The highest BCUT2D eigenvalue weighted by Gasteiger charge is 2.37. The molecule has 1 aliphatic carbocycles. The van der Waals surface area contributed by atoms with Gasteiger partial charge in [-0.25, -0.2) is 0 Å². The summed E-state index contributed by atoms with van der Waals surface area (Å²) < 4.78 is 0. The average Bonchev–Trinajstić information content (AvgIpc) is 3.09. The van der Waals surface area contributed by atoms with E-state index in [1.54, 1.807) is 0 Å². The first-order valence-electron chi connectivity index (χ1n) is 8.21. The van der Waals surface area contributed by atoms with E-state index in [4.69, 9.17) is 0 Å². The molecule has 1 amide bonds. The van der Waals surface area contributed by atoms with Gasteiger partial charge in [0, 0.05) is 24.9 Å². The highest BCUT2D eigenvalue weighted by molar-refractivity contribution is 5.80. The lowest BCUT2D eigenvalue weighted by Crippen LogP contribution is -2.47. The molecule has 1 aliphatic heterocycles. The van der Waals surface area contributed by atoms with Gasteiger partial charge in [0.15, 0.2) is 0 Å². The van der Waals surface area contributed by atoms with Gasteiger partial charge in [-0.05, 0) is 24.8 Å². The van der Waals surface area contributed by atoms with E-state index in [1.807, 2.05) is 35.2 Å². The number of benzene rings is 1. The van der Waals surface area contributed by atoms with Crippen molar-refractivity contribution in [2.45, 2.75) is 38.0 Å². The molecule has 2 fully saturated rings. The molecule has 1 aromatic rings. The van der Waals surface area contributed by atoms with E-state index in [0.717, 1.165) is 31.2 Å². The SMILES string of the molecule is O=C(O)[C@H]1C[C@@H](c2ccccc2)CN(C(=O)C2CCCC2)C1. The molecule has 3 rings (SSSR count). The van der Waals surface area contributed by atoms with Crippen LogP contribution in [-0.2, 0) is 9.59 Å². The maximum absolute atomic E-state index is 12.7. The molecule has 0 bridgehead atoms. The molecule has 0 aromatic heterocycles. The van der Waals surface area contributed by atoms with Crippen LogP contribution in [0.3, 0.4) is 0 Å². The van der Waals surface area contributed by atoms with Crippen LogP contribution in [0, 0.1) is 11.8 Å². The standard InChI is InChI=1S/C18H23NO3/c20-17(14-8-4-5-9-14)19-11-15(10-16(12-19)18(21)22)13-6-2-1-3-7-13/h1-3,6-7,14-16H,4-5,8-12H2,(H,21,22)/t15-,16+/m1/s1. The van der Waals surface area contributed by atoms with Gasteiger partial charge in [-0.3, -0.25) is 9.59 Å². The molecule has 1 saturated carbocycles. The van der Waals surface area contributed by atoms with E-state index in [9.17, 15) is 14.7 Å². The van der Waals surface area contributed by atoms with Crippen molar-refractivity contribution in [3.8, 4) is 0 Å². The largest absolute Gasteiger partial charge is 0.481 e. The lowest BCUT2D eigenvalue weighted by Gasteiger charge is -2.37. The number of piperidine rings is 1. The molecule has 2 aliphatic rings. The minimum absolute atomic E-state index is 0.115. The number of hydrogen-bond acceptors (Lipinski definition) is 2.